The van der Waals surface area contributed by atoms with Gasteiger partial charge in [0.15, 0.2) is 0 Å². The van der Waals surface area contributed by atoms with Gasteiger partial charge in [0.2, 0.25) is 0 Å². The lowest BCUT2D eigenvalue weighted by Crippen LogP contribution is -2.06. The van der Waals surface area contributed by atoms with E-state index < -0.39 is 16.6 Å². The minimum absolute atomic E-state index is 0.250. The van der Waals surface area contributed by atoms with Gasteiger partial charge < -0.3 is 10.5 Å². The summed E-state index contributed by atoms with van der Waals surface area (Å²) in [7, 11) is -1.33. The van der Waals surface area contributed by atoms with Gasteiger partial charge in [-0.3, -0.25) is 4.21 Å². The summed E-state index contributed by atoms with van der Waals surface area (Å²) in [6, 6.07) is 13.2. The third kappa shape index (κ3) is 4.06. The molecule has 5 heteroatoms. The Morgan fingerprint density at radius 2 is 1.80 bits per heavy atom. The van der Waals surface area contributed by atoms with Crippen molar-refractivity contribution in [1.82, 2.24) is 0 Å². The van der Waals surface area contributed by atoms with Crippen molar-refractivity contribution in [2.45, 2.75) is 11.3 Å². The summed E-state index contributed by atoms with van der Waals surface area (Å²) >= 11 is 0. The maximum atomic E-state index is 13.4. The van der Waals surface area contributed by atoms with Gasteiger partial charge in [0.05, 0.1) is 22.3 Å². The number of anilines is 1. The average molecular weight is 293 g/mol. The predicted octanol–water partition coefficient (Wildman–Crippen LogP) is 2.98. The lowest BCUT2D eigenvalue weighted by atomic mass is 10.3. The lowest BCUT2D eigenvalue weighted by molar-refractivity contribution is 0.318. The molecule has 2 aromatic rings. The van der Waals surface area contributed by atoms with E-state index in [-0.39, 0.29) is 4.90 Å². The summed E-state index contributed by atoms with van der Waals surface area (Å²) < 4.78 is 30.8. The summed E-state index contributed by atoms with van der Waals surface area (Å²) in [6.45, 7) is 0.435. The molecule has 1 unspecified atom stereocenters. The standard InChI is InChI=1S/C15H16FNO2S/c16-14-4-1-2-5-15(14)20(18)11-3-10-19-13-8-6-12(17)7-9-13/h1-2,4-9H,3,10-11,17H2. The Balaban J connectivity index is 1.77. The topological polar surface area (TPSA) is 52.3 Å². The zero-order valence-electron chi connectivity index (χ0n) is 10.9. The van der Waals surface area contributed by atoms with Gasteiger partial charge in [-0.25, -0.2) is 4.39 Å². The van der Waals surface area contributed by atoms with Crippen LogP contribution >= 0.6 is 0 Å². The fraction of sp³-hybridized carbons (Fsp3) is 0.200. The van der Waals surface area contributed by atoms with Gasteiger partial charge in [0, 0.05) is 11.4 Å². The fourth-order valence-electron chi connectivity index (χ4n) is 1.68. The molecule has 0 heterocycles. The van der Waals surface area contributed by atoms with Crippen LogP contribution in [-0.2, 0) is 10.8 Å². The molecule has 0 saturated carbocycles. The van der Waals surface area contributed by atoms with E-state index in [0.29, 0.717) is 24.5 Å². The number of ether oxygens (including phenoxy) is 1. The molecule has 0 amide bonds. The maximum absolute atomic E-state index is 13.4. The van der Waals surface area contributed by atoms with Crippen LogP contribution < -0.4 is 10.5 Å². The van der Waals surface area contributed by atoms with E-state index in [1.54, 1.807) is 42.5 Å². The van der Waals surface area contributed by atoms with Crippen LogP contribution in [0.4, 0.5) is 10.1 Å². The first-order chi connectivity index (χ1) is 9.66. The summed E-state index contributed by atoms with van der Waals surface area (Å²) in [4.78, 5) is 0.250. The van der Waals surface area contributed by atoms with Crippen molar-refractivity contribution in [1.29, 1.82) is 0 Å². The average Bonchev–Trinajstić information content (AvgIpc) is 2.46. The van der Waals surface area contributed by atoms with Crippen LogP contribution in [0.1, 0.15) is 6.42 Å². The van der Waals surface area contributed by atoms with Gasteiger partial charge in [-0.2, -0.15) is 0 Å². The van der Waals surface area contributed by atoms with Gasteiger partial charge in [-0.05, 0) is 42.8 Å². The molecule has 20 heavy (non-hydrogen) atoms. The molecule has 2 aromatic carbocycles. The largest absolute Gasteiger partial charge is 0.494 e. The zero-order valence-corrected chi connectivity index (χ0v) is 11.7. The SMILES string of the molecule is Nc1ccc(OCCCS(=O)c2ccccc2F)cc1. The first-order valence-electron chi connectivity index (χ1n) is 6.28. The van der Waals surface area contributed by atoms with Crippen LogP contribution in [0.5, 0.6) is 5.75 Å². The Bertz CT molecular complexity index is 587. The molecule has 0 aliphatic rings. The Morgan fingerprint density at radius 1 is 1.10 bits per heavy atom. The van der Waals surface area contributed by atoms with Crippen molar-refractivity contribution in [2.24, 2.45) is 0 Å². The maximum Gasteiger partial charge on any atom is 0.139 e. The molecular weight excluding hydrogens is 277 g/mol. The van der Waals surface area contributed by atoms with E-state index in [9.17, 15) is 8.60 Å². The molecule has 2 N–H and O–H groups in total. The van der Waals surface area contributed by atoms with Crippen molar-refractivity contribution in [3.63, 3.8) is 0 Å². The molecule has 0 aliphatic carbocycles. The van der Waals surface area contributed by atoms with Crippen molar-refractivity contribution in [2.75, 3.05) is 18.1 Å². The molecule has 0 spiro atoms. The minimum atomic E-state index is -1.33. The summed E-state index contributed by atoms with van der Waals surface area (Å²) in [6.07, 6.45) is 0.589. The number of hydrogen-bond donors (Lipinski definition) is 1. The molecule has 106 valence electrons. The van der Waals surface area contributed by atoms with Crippen LogP contribution in [0.25, 0.3) is 0 Å². The van der Waals surface area contributed by atoms with E-state index in [2.05, 4.69) is 0 Å². The Hall–Kier alpha value is -1.88. The Morgan fingerprint density at radius 3 is 2.50 bits per heavy atom. The number of rotatable bonds is 6. The summed E-state index contributed by atoms with van der Waals surface area (Å²) in [5, 5.41) is 0. The normalized spacial score (nSPS) is 12.1. The molecule has 0 aliphatic heterocycles. The second-order valence-corrected chi connectivity index (χ2v) is 5.79. The highest BCUT2D eigenvalue weighted by molar-refractivity contribution is 7.85. The van der Waals surface area contributed by atoms with Gasteiger partial charge in [0.1, 0.15) is 11.6 Å². The van der Waals surface area contributed by atoms with Crippen molar-refractivity contribution in [3.05, 3.63) is 54.3 Å². The molecule has 0 aromatic heterocycles. The highest BCUT2D eigenvalue weighted by atomic mass is 32.2. The highest BCUT2D eigenvalue weighted by Crippen LogP contribution is 2.15. The van der Waals surface area contributed by atoms with Crippen LogP contribution in [0, 0.1) is 5.82 Å². The first-order valence-corrected chi connectivity index (χ1v) is 7.60. The lowest BCUT2D eigenvalue weighted by Gasteiger charge is -2.07. The fourth-order valence-corrected chi connectivity index (χ4v) is 2.80. The summed E-state index contributed by atoms with van der Waals surface area (Å²) in [5.74, 6) is 0.664. The number of benzene rings is 2. The quantitative estimate of drug-likeness (QED) is 0.658. The highest BCUT2D eigenvalue weighted by Gasteiger charge is 2.08. The number of hydrogen-bond acceptors (Lipinski definition) is 3. The molecule has 0 bridgehead atoms. The third-order valence-corrected chi connectivity index (χ3v) is 4.19. The second kappa shape index (κ2) is 7.05. The van der Waals surface area contributed by atoms with E-state index in [1.807, 2.05) is 0 Å². The van der Waals surface area contributed by atoms with Crippen LogP contribution in [0.2, 0.25) is 0 Å². The van der Waals surface area contributed by atoms with Gasteiger partial charge in [0.25, 0.3) is 0 Å². The Labute approximate surface area is 120 Å². The van der Waals surface area contributed by atoms with Crippen LogP contribution in [-0.4, -0.2) is 16.6 Å². The van der Waals surface area contributed by atoms with E-state index in [4.69, 9.17) is 10.5 Å². The van der Waals surface area contributed by atoms with Gasteiger partial charge >= 0.3 is 0 Å². The summed E-state index contributed by atoms with van der Waals surface area (Å²) in [5.41, 5.74) is 6.25. The van der Waals surface area contributed by atoms with Crippen molar-refractivity contribution < 1.29 is 13.3 Å². The third-order valence-electron chi connectivity index (χ3n) is 2.70. The second-order valence-electron chi connectivity index (χ2n) is 4.25. The van der Waals surface area contributed by atoms with Crippen molar-refractivity contribution >= 4 is 16.5 Å². The van der Waals surface area contributed by atoms with Crippen LogP contribution in [0.3, 0.4) is 0 Å². The van der Waals surface area contributed by atoms with Gasteiger partial charge in [-0.1, -0.05) is 12.1 Å². The molecule has 0 saturated heterocycles. The van der Waals surface area contributed by atoms with E-state index in [0.717, 1.165) is 5.75 Å². The van der Waals surface area contributed by atoms with Crippen molar-refractivity contribution in [3.8, 4) is 5.75 Å². The molecule has 0 fully saturated rings. The van der Waals surface area contributed by atoms with Crippen LogP contribution in [0.15, 0.2) is 53.4 Å². The first kappa shape index (κ1) is 14.5. The number of halogens is 1. The number of nitrogens with two attached hydrogens (primary N) is 1. The van der Waals surface area contributed by atoms with Gasteiger partial charge in [-0.15, -0.1) is 0 Å². The molecule has 2 rings (SSSR count). The molecule has 1 atom stereocenters. The number of nitrogen functional groups attached to an aromatic ring is 1. The van der Waals surface area contributed by atoms with E-state index in [1.165, 1.54) is 6.07 Å². The molecule has 0 radical (unpaired) electrons. The minimum Gasteiger partial charge on any atom is -0.494 e. The Kier molecular flexibility index (Phi) is 5.12. The monoisotopic (exact) mass is 293 g/mol. The zero-order chi connectivity index (χ0) is 14.4. The smallest absolute Gasteiger partial charge is 0.139 e. The van der Waals surface area contributed by atoms with E-state index >= 15 is 0 Å². The molecule has 3 nitrogen and oxygen atoms in total. The predicted molar refractivity (Wildman–Crippen MR) is 78.6 cm³/mol. The molecular formula is C15H16FNO2S.